The third kappa shape index (κ3) is 5.54. The number of rotatable bonds is 6. The van der Waals surface area contributed by atoms with Gasteiger partial charge in [-0.1, -0.05) is 11.8 Å². The normalized spacial score (nSPS) is 26.2. The molecule has 4 rings (SSSR count). The molecule has 1 aromatic rings. The maximum Gasteiger partial charge on any atom is 0.251 e. The van der Waals surface area contributed by atoms with E-state index in [1.54, 1.807) is 12.1 Å². The molecule has 0 spiro atoms. The molecular weight excluding hydrogens is 422 g/mol. The molecule has 164 valence electrons. The molecule has 1 aromatic carbocycles. The molecule has 0 unspecified atom stereocenters. The Morgan fingerprint density at radius 1 is 1.17 bits per heavy atom. The van der Waals surface area contributed by atoms with Crippen LogP contribution in [0.25, 0.3) is 0 Å². The van der Waals surface area contributed by atoms with Crippen LogP contribution in [0, 0.1) is 0 Å². The zero-order chi connectivity index (χ0) is 21.1. The van der Waals surface area contributed by atoms with Crippen molar-refractivity contribution in [3.05, 3.63) is 29.8 Å². The Morgan fingerprint density at radius 2 is 1.90 bits per heavy atom. The third-order valence-electron chi connectivity index (χ3n) is 5.75. The Balaban J connectivity index is 1.19. The van der Waals surface area contributed by atoms with Gasteiger partial charge >= 0.3 is 0 Å². The third-order valence-corrected chi connectivity index (χ3v) is 8.89. The van der Waals surface area contributed by atoms with Gasteiger partial charge in [-0.25, -0.2) is 8.42 Å². The predicted octanol–water partition coefficient (Wildman–Crippen LogP) is 0.734. The lowest BCUT2D eigenvalue weighted by atomic mass is 10.2. The van der Waals surface area contributed by atoms with Gasteiger partial charge in [0.15, 0.2) is 15.0 Å². The van der Waals surface area contributed by atoms with Crippen LogP contribution >= 0.6 is 11.8 Å². The highest BCUT2D eigenvalue weighted by Crippen LogP contribution is 2.34. The molecule has 0 aromatic heterocycles. The average Bonchev–Trinajstić information content (AvgIpc) is 3.19. The second-order valence-electron chi connectivity index (χ2n) is 8.19. The number of benzene rings is 1. The summed E-state index contributed by atoms with van der Waals surface area (Å²) in [5, 5.41) is 7.00. The molecule has 30 heavy (non-hydrogen) atoms. The molecule has 10 heteroatoms. The number of nitrogens with zero attached hydrogens (tertiary/aromatic N) is 3. The quantitative estimate of drug-likeness (QED) is 0.616. The predicted molar refractivity (Wildman–Crippen MR) is 122 cm³/mol. The molecule has 2 saturated heterocycles. The van der Waals surface area contributed by atoms with Gasteiger partial charge in [-0.15, -0.1) is 0 Å². The summed E-state index contributed by atoms with van der Waals surface area (Å²) in [6.07, 6.45) is 0.949. The zero-order valence-electron chi connectivity index (χ0n) is 17.2. The number of amides is 1. The fourth-order valence-electron chi connectivity index (χ4n) is 3.92. The number of thioether (sulfide) groups is 1. The molecule has 2 N–H and O–H groups in total. The Bertz CT molecular complexity index is 896. The summed E-state index contributed by atoms with van der Waals surface area (Å²) in [5.41, 5.74) is 1.47. The Hall–Kier alpha value is -1.62. The molecule has 2 atom stereocenters. The van der Waals surface area contributed by atoms with Crippen molar-refractivity contribution < 1.29 is 13.2 Å². The minimum atomic E-state index is -2.94. The van der Waals surface area contributed by atoms with Gasteiger partial charge in [-0.2, -0.15) is 0 Å². The smallest absolute Gasteiger partial charge is 0.251 e. The van der Waals surface area contributed by atoms with E-state index in [2.05, 4.69) is 32.5 Å². The van der Waals surface area contributed by atoms with Crippen LogP contribution < -0.4 is 10.6 Å². The number of carbonyl (C=O) groups excluding carboxylic acids is 1. The number of aliphatic imine (C=N–C) groups is 1. The van der Waals surface area contributed by atoms with Crippen LogP contribution in [0.1, 0.15) is 16.8 Å². The number of hydrogen-bond acceptors (Lipinski definition) is 8. The van der Waals surface area contributed by atoms with E-state index in [1.165, 1.54) is 11.8 Å². The van der Waals surface area contributed by atoms with E-state index in [1.807, 2.05) is 12.1 Å². The van der Waals surface area contributed by atoms with Gasteiger partial charge in [0.1, 0.15) is 0 Å². The first-order valence-corrected chi connectivity index (χ1v) is 13.1. The largest absolute Gasteiger partial charge is 0.352 e. The number of fused-ring (bicyclic) bond motifs is 1. The van der Waals surface area contributed by atoms with Crippen LogP contribution in [-0.2, 0) is 9.84 Å². The molecule has 0 radical (unpaired) electrons. The van der Waals surface area contributed by atoms with Crippen LogP contribution in [0.2, 0.25) is 0 Å². The fourth-order valence-corrected chi connectivity index (χ4v) is 7.60. The summed E-state index contributed by atoms with van der Waals surface area (Å²) in [6, 6.07) is 7.16. The minimum Gasteiger partial charge on any atom is -0.352 e. The van der Waals surface area contributed by atoms with E-state index in [9.17, 15) is 13.2 Å². The topological polar surface area (TPSA) is 94.1 Å². The van der Waals surface area contributed by atoms with E-state index < -0.39 is 9.84 Å². The van der Waals surface area contributed by atoms with Crippen LogP contribution in [0.3, 0.4) is 0 Å². The van der Waals surface area contributed by atoms with Crippen LogP contribution in [-0.4, -0.2) is 98.4 Å². The fraction of sp³-hybridized carbons (Fsp3) is 0.600. The highest BCUT2D eigenvalue weighted by molar-refractivity contribution is 8.15. The van der Waals surface area contributed by atoms with Gasteiger partial charge in [-0.3, -0.25) is 9.79 Å². The number of piperazine rings is 1. The van der Waals surface area contributed by atoms with Crippen molar-refractivity contribution in [3.63, 3.8) is 0 Å². The van der Waals surface area contributed by atoms with Gasteiger partial charge in [0.25, 0.3) is 5.91 Å². The number of hydrogen-bond donors (Lipinski definition) is 2. The number of nitrogens with one attached hydrogen (secondary N) is 2. The Morgan fingerprint density at radius 3 is 2.60 bits per heavy atom. The van der Waals surface area contributed by atoms with Crippen molar-refractivity contribution in [3.8, 4) is 0 Å². The van der Waals surface area contributed by atoms with Crippen molar-refractivity contribution in [2.24, 2.45) is 4.99 Å². The summed E-state index contributed by atoms with van der Waals surface area (Å²) in [6.45, 7) is 6.10. The highest BCUT2D eigenvalue weighted by Gasteiger charge is 2.42. The second-order valence-corrected chi connectivity index (χ2v) is 11.6. The van der Waals surface area contributed by atoms with E-state index in [4.69, 9.17) is 0 Å². The first-order valence-electron chi connectivity index (χ1n) is 10.4. The van der Waals surface area contributed by atoms with E-state index in [0.717, 1.165) is 50.0 Å². The second kappa shape index (κ2) is 9.25. The number of carbonyl (C=O) groups is 1. The summed E-state index contributed by atoms with van der Waals surface area (Å²) in [4.78, 5) is 21.6. The van der Waals surface area contributed by atoms with Crippen molar-refractivity contribution in [1.29, 1.82) is 0 Å². The lowest BCUT2D eigenvalue weighted by Crippen LogP contribution is -2.45. The molecule has 3 aliphatic heterocycles. The van der Waals surface area contributed by atoms with Crippen molar-refractivity contribution in [2.45, 2.75) is 17.7 Å². The zero-order valence-corrected chi connectivity index (χ0v) is 18.8. The average molecular weight is 452 g/mol. The first kappa shape index (κ1) is 21.6. The summed E-state index contributed by atoms with van der Waals surface area (Å²) in [7, 11) is -0.791. The number of anilines is 1. The van der Waals surface area contributed by atoms with Gasteiger partial charge in [0.2, 0.25) is 0 Å². The summed E-state index contributed by atoms with van der Waals surface area (Å²) >= 11 is 1.49. The van der Waals surface area contributed by atoms with Gasteiger partial charge in [-0.05, 0) is 44.3 Å². The molecule has 0 saturated carbocycles. The first-order chi connectivity index (χ1) is 14.4. The van der Waals surface area contributed by atoms with Crippen LogP contribution in [0.4, 0.5) is 5.69 Å². The van der Waals surface area contributed by atoms with Crippen molar-refractivity contribution in [1.82, 2.24) is 15.1 Å². The SMILES string of the molecule is CN1CCN(CCCNC(=O)c2ccc(NC3=N[C@@H]4CS(=O)(=O)C[C@H]4S3)cc2)CC1. The standard InChI is InChI=1S/C20H29N5O3S2/c1-24-9-11-25(12-10-24)8-2-7-21-19(26)15-3-5-16(6-4-15)22-20-23-17-13-30(27,28)14-18(17)29-20/h3-6,17-18H,2,7-14H2,1H3,(H,21,26)(H,22,23)/t17-,18-/m1/s1. The maximum atomic E-state index is 12.4. The summed E-state index contributed by atoms with van der Waals surface area (Å²) in [5.74, 6) is 0.279. The highest BCUT2D eigenvalue weighted by atomic mass is 32.2. The maximum absolute atomic E-state index is 12.4. The molecular formula is C20H29N5O3S2. The molecule has 2 fully saturated rings. The molecule has 8 nitrogen and oxygen atoms in total. The number of sulfone groups is 1. The van der Waals surface area contributed by atoms with E-state index in [0.29, 0.717) is 12.1 Å². The van der Waals surface area contributed by atoms with Gasteiger partial charge < -0.3 is 20.4 Å². The molecule has 0 bridgehead atoms. The van der Waals surface area contributed by atoms with Crippen LogP contribution in [0.5, 0.6) is 0 Å². The minimum absolute atomic E-state index is 0.0217. The monoisotopic (exact) mass is 451 g/mol. The Labute approximate surface area is 182 Å². The Kier molecular flexibility index (Phi) is 6.66. The molecule has 3 aliphatic rings. The number of likely N-dealkylation sites (N-methyl/N-ethyl adjacent to an activating group) is 1. The van der Waals surface area contributed by atoms with Gasteiger partial charge in [0.05, 0.1) is 17.5 Å². The lowest BCUT2D eigenvalue weighted by Gasteiger charge is -2.32. The van der Waals surface area contributed by atoms with E-state index in [-0.39, 0.29) is 28.7 Å². The lowest BCUT2D eigenvalue weighted by molar-refractivity contribution is 0.0949. The van der Waals surface area contributed by atoms with E-state index >= 15 is 0 Å². The van der Waals surface area contributed by atoms with Crippen molar-refractivity contribution >= 4 is 38.4 Å². The summed E-state index contributed by atoms with van der Waals surface area (Å²) < 4.78 is 23.3. The molecule has 3 heterocycles. The molecule has 0 aliphatic carbocycles. The van der Waals surface area contributed by atoms with Crippen LogP contribution in [0.15, 0.2) is 29.3 Å². The van der Waals surface area contributed by atoms with Gasteiger partial charge in [0, 0.05) is 49.2 Å². The molecule has 1 amide bonds. The van der Waals surface area contributed by atoms with Crippen molar-refractivity contribution in [2.75, 3.05) is 63.1 Å². The number of amidine groups is 1.